The third kappa shape index (κ3) is 2.08. The van der Waals surface area contributed by atoms with E-state index in [0.717, 1.165) is 5.69 Å². The molecule has 0 spiro atoms. The first kappa shape index (κ1) is 8.77. The van der Waals surface area contributed by atoms with E-state index >= 15 is 0 Å². The molecule has 66 valence electrons. The summed E-state index contributed by atoms with van der Waals surface area (Å²) in [5.41, 5.74) is 0.758. The molecule has 4 heteroatoms. The van der Waals surface area contributed by atoms with Crippen molar-refractivity contribution < 1.29 is 9.21 Å². The van der Waals surface area contributed by atoms with Crippen LogP contribution in [0.4, 0.5) is 6.01 Å². The number of rotatable bonds is 2. The molecule has 0 aliphatic heterocycles. The minimum absolute atomic E-state index is 0.0581. The first-order chi connectivity index (χ1) is 5.59. The summed E-state index contributed by atoms with van der Waals surface area (Å²) in [4.78, 5) is 15.0. The van der Waals surface area contributed by atoms with Gasteiger partial charge in [0.1, 0.15) is 6.26 Å². The van der Waals surface area contributed by atoms with Gasteiger partial charge >= 0.3 is 6.01 Å². The fourth-order valence-electron chi connectivity index (χ4n) is 0.661. The van der Waals surface area contributed by atoms with E-state index in [0.29, 0.717) is 0 Å². The largest absolute Gasteiger partial charge is 0.432 e. The molecule has 0 saturated carbocycles. The van der Waals surface area contributed by atoms with Gasteiger partial charge in [0, 0.05) is 5.92 Å². The standard InChI is InChI=1S/C8H12N2O2/c1-5(2)7(11)10-8-9-6(3)4-12-8/h4-5H,1-3H3,(H,9,10,11). The van der Waals surface area contributed by atoms with Crippen LogP contribution in [0.1, 0.15) is 19.5 Å². The normalized spacial score (nSPS) is 10.3. The Kier molecular flexibility index (Phi) is 2.47. The SMILES string of the molecule is Cc1coc(NC(=O)C(C)C)n1. The number of carbonyl (C=O) groups is 1. The second-order valence-corrected chi connectivity index (χ2v) is 2.94. The second kappa shape index (κ2) is 3.38. The van der Waals surface area contributed by atoms with Crippen molar-refractivity contribution in [3.05, 3.63) is 12.0 Å². The average Bonchev–Trinajstić information content (AvgIpc) is 2.35. The molecule has 1 N–H and O–H groups in total. The van der Waals surface area contributed by atoms with Gasteiger partial charge in [0.2, 0.25) is 5.91 Å². The van der Waals surface area contributed by atoms with E-state index in [4.69, 9.17) is 4.42 Å². The van der Waals surface area contributed by atoms with Crippen molar-refractivity contribution in [2.75, 3.05) is 5.32 Å². The molecule has 0 bridgehead atoms. The number of carbonyl (C=O) groups excluding carboxylic acids is 1. The Bertz CT molecular complexity index is 278. The van der Waals surface area contributed by atoms with Crippen molar-refractivity contribution in [1.82, 2.24) is 4.98 Å². The number of nitrogens with zero attached hydrogens (tertiary/aromatic N) is 1. The summed E-state index contributed by atoms with van der Waals surface area (Å²) in [5, 5.41) is 2.55. The minimum atomic E-state index is -0.0862. The molecule has 0 aliphatic rings. The molecule has 0 aliphatic carbocycles. The van der Waals surface area contributed by atoms with Crippen LogP contribution >= 0.6 is 0 Å². The molecule has 1 aromatic heterocycles. The number of anilines is 1. The highest BCUT2D eigenvalue weighted by atomic mass is 16.4. The van der Waals surface area contributed by atoms with Gasteiger partial charge in [-0.05, 0) is 6.92 Å². The van der Waals surface area contributed by atoms with Crippen LogP contribution in [-0.4, -0.2) is 10.9 Å². The molecule has 12 heavy (non-hydrogen) atoms. The highest BCUT2D eigenvalue weighted by Gasteiger charge is 2.09. The van der Waals surface area contributed by atoms with Crippen LogP contribution in [0.2, 0.25) is 0 Å². The van der Waals surface area contributed by atoms with E-state index in [1.165, 1.54) is 6.26 Å². The van der Waals surface area contributed by atoms with Gasteiger partial charge in [-0.1, -0.05) is 13.8 Å². The van der Waals surface area contributed by atoms with Crippen LogP contribution in [0.15, 0.2) is 10.7 Å². The number of hydrogen-bond acceptors (Lipinski definition) is 3. The number of hydrogen-bond donors (Lipinski definition) is 1. The van der Waals surface area contributed by atoms with Crippen LogP contribution < -0.4 is 5.32 Å². The number of oxazole rings is 1. The first-order valence-corrected chi connectivity index (χ1v) is 3.82. The maximum Gasteiger partial charge on any atom is 0.301 e. The smallest absolute Gasteiger partial charge is 0.301 e. The van der Waals surface area contributed by atoms with Crippen LogP contribution in [0, 0.1) is 12.8 Å². The lowest BCUT2D eigenvalue weighted by molar-refractivity contribution is -0.119. The zero-order chi connectivity index (χ0) is 9.14. The Hall–Kier alpha value is -1.32. The van der Waals surface area contributed by atoms with Crippen molar-refractivity contribution in [2.24, 2.45) is 5.92 Å². The van der Waals surface area contributed by atoms with E-state index in [1.54, 1.807) is 6.92 Å². The molecular formula is C8H12N2O2. The van der Waals surface area contributed by atoms with Crippen LogP contribution in [0.25, 0.3) is 0 Å². The molecule has 4 nitrogen and oxygen atoms in total. The molecule has 0 saturated heterocycles. The number of aromatic nitrogens is 1. The molecular weight excluding hydrogens is 156 g/mol. The zero-order valence-electron chi connectivity index (χ0n) is 7.42. The summed E-state index contributed by atoms with van der Waals surface area (Å²) < 4.78 is 4.94. The maximum absolute atomic E-state index is 11.1. The lowest BCUT2D eigenvalue weighted by Gasteiger charge is -2.01. The molecule has 0 atom stereocenters. The van der Waals surface area contributed by atoms with Gasteiger partial charge in [0.05, 0.1) is 5.69 Å². The second-order valence-electron chi connectivity index (χ2n) is 2.94. The maximum atomic E-state index is 11.1. The summed E-state index contributed by atoms with van der Waals surface area (Å²) in [6.45, 7) is 5.42. The summed E-state index contributed by atoms with van der Waals surface area (Å²) in [5.74, 6) is -0.144. The van der Waals surface area contributed by atoms with E-state index in [2.05, 4.69) is 10.3 Å². The molecule has 1 rings (SSSR count). The van der Waals surface area contributed by atoms with Gasteiger partial charge in [-0.2, -0.15) is 4.98 Å². The van der Waals surface area contributed by atoms with Crippen LogP contribution in [-0.2, 0) is 4.79 Å². The van der Waals surface area contributed by atoms with Crippen LogP contribution in [0.3, 0.4) is 0 Å². The van der Waals surface area contributed by atoms with E-state index < -0.39 is 0 Å². The van der Waals surface area contributed by atoms with Gasteiger partial charge in [0.15, 0.2) is 0 Å². The summed E-state index contributed by atoms with van der Waals surface area (Å²) >= 11 is 0. The fraction of sp³-hybridized carbons (Fsp3) is 0.500. The molecule has 1 aromatic rings. The van der Waals surface area contributed by atoms with Gasteiger partial charge in [0.25, 0.3) is 0 Å². The highest BCUT2D eigenvalue weighted by Crippen LogP contribution is 2.07. The fourth-order valence-corrected chi connectivity index (χ4v) is 0.661. The third-order valence-electron chi connectivity index (χ3n) is 1.37. The lowest BCUT2D eigenvalue weighted by atomic mass is 10.2. The Balaban J connectivity index is 2.58. The highest BCUT2D eigenvalue weighted by molar-refractivity contribution is 5.89. The van der Waals surface area contributed by atoms with Crippen molar-refractivity contribution in [3.63, 3.8) is 0 Å². The topological polar surface area (TPSA) is 55.1 Å². The Morgan fingerprint density at radius 3 is 2.75 bits per heavy atom. The molecule has 0 fully saturated rings. The lowest BCUT2D eigenvalue weighted by Crippen LogP contribution is -2.17. The summed E-state index contributed by atoms with van der Waals surface area (Å²) in [6.07, 6.45) is 1.50. The summed E-state index contributed by atoms with van der Waals surface area (Å²) in [7, 11) is 0. The Labute approximate surface area is 71.0 Å². The number of nitrogens with one attached hydrogen (secondary N) is 1. The predicted molar refractivity (Wildman–Crippen MR) is 44.7 cm³/mol. The van der Waals surface area contributed by atoms with Gasteiger partial charge in [-0.15, -0.1) is 0 Å². The van der Waals surface area contributed by atoms with Crippen molar-refractivity contribution in [3.8, 4) is 0 Å². The quantitative estimate of drug-likeness (QED) is 0.729. The molecule has 0 radical (unpaired) electrons. The zero-order valence-corrected chi connectivity index (χ0v) is 7.42. The van der Waals surface area contributed by atoms with E-state index in [-0.39, 0.29) is 17.8 Å². The molecule has 0 unspecified atom stereocenters. The van der Waals surface area contributed by atoms with Gasteiger partial charge in [-0.25, -0.2) is 0 Å². The molecule has 1 amide bonds. The molecule has 1 heterocycles. The Morgan fingerprint density at radius 1 is 1.67 bits per heavy atom. The van der Waals surface area contributed by atoms with Crippen LogP contribution in [0.5, 0.6) is 0 Å². The number of amides is 1. The van der Waals surface area contributed by atoms with Gasteiger partial charge in [-0.3, -0.25) is 10.1 Å². The third-order valence-corrected chi connectivity index (χ3v) is 1.37. The monoisotopic (exact) mass is 168 g/mol. The first-order valence-electron chi connectivity index (χ1n) is 3.82. The van der Waals surface area contributed by atoms with E-state index in [9.17, 15) is 4.79 Å². The Morgan fingerprint density at radius 2 is 2.33 bits per heavy atom. The average molecular weight is 168 g/mol. The van der Waals surface area contributed by atoms with E-state index in [1.807, 2.05) is 13.8 Å². The van der Waals surface area contributed by atoms with Crippen molar-refractivity contribution >= 4 is 11.9 Å². The summed E-state index contributed by atoms with van der Waals surface area (Å²) in [6, 6.07) is 0.270. The van der Waals surface area contributed by atoms with Crippen molar-refractivity contribution in [2.45, 2.75) is 20.8 Å². The minimum Gasteiger partial charge on any atom is -0.432 e. The predicted octanol–water partition coefficient (Wildman–Crippen LogP) is 1.58. The van der Waals surface area contributed by atoms with Crippen molar-refractivity contribution in [1.29, 1.82) is 0 Å². The van der Waals surface area contributed by atoms with Gasteiger partial charge < -0.3 is 4.42 Å². The number of aryl methyl sites for hydroxylation is 1. The molecule has 0 aromatic carbocycles.